The van der Waals surface area contributed by atoms with Crippen LogP contribution < -0.4 is 5.46 Å². The highest BCUT2D eigenvalue weighted by molar-refractivity contribution is 6.58. The number of hydrogen-bond acceptors (Lipinski definition) is 6. The molecule has 0 bridgehead atoms. The second-order valence-electron chi connectivity index (χ2n) is 9.86. The minimum atomic E-state index is -1.34. The predicted octanol–water partition coefficient (Wildman–Crippen LogP) is 5.78. The van der Waals surface area contributed by atoms with Crippen LogP contribution in [0.4, 0.5) is 0 Å². The average Bonchev–Trinajstić information content (AvgIpc) is 3.62. The second-order valence-corrected chi connectivity index (χ2v) is 10.2. The molecule has 0 saturated carbocycles. The molecule has 0 fully saturated rings. The van der Waals surface area contributed by atoms with Crippen LogP contribution >= 0.6 is 11.6 Å². The lowest BCUT2D eigenvalue weighted by Gasteiger charge is -2.06. The van der Waals surface area contributed by atoms with Gasteiger partial charge in [-0.05, 0) is 16.6 Å². The van der Waals surface area contributed by atoms with Crippen molar-refractivity contribution in [2.45, 2.75) is 12.8 Å². The molecule has 8 rings (SSSR count). The van der Waals surface area contributed by atoms with Crippen molar-refractivity contribution in [3.05, 3.63) is 149 Å². The summed E-state index contributed by atoms with van der Waals surface area (Å²) in [5.41, 5.74) is 12.2. The number of nitrogens with zero attached hydrogens (tertiary/aromatic N) is 4. The molecule has 2 heterocycles. The summed E-state index contributed by atoms with van der Waals surface area (Å²) in [5, 5.41) is 17.7. The standard InChI is InChI=1S/C17H12N2.C11H7ClN2.C6H7BO2/c1-2-6-12(7-3-1)16-15-10-13-8-4-5-9-14(13)17(15)19-11-18-16;12-11-9-5-7-3-1-2-4-8(7)10(9)13-6-14-11;8-7(9)6-4-2-1-3-5-6/h1-9,11H,10H2;1-4,6H,5H2;1-5,8-9H. The summed E-state index contributed by atoms with van der Waals surface area (Å²) in [6.07, 6.45) is 4.97. The Morgan fingerprint density at radius 3 is 1.60 bits per heavy atom. The van der Waals surface area contributed by atoms with E-state index in [1.807, 2.05) is 36.4 Å². The molecular weight excluding hydrogens is 543 g/mol. The Hall–Kier alpha value is -4.69. The van der Waals surface area contributed by atoms with Gasteiger partial charge in [-0.3, -0.25) is 0 Å². The fourth-order valence-corrected chi connectivity index (χ4v) is 5.45. The third kappa shape index (κ3) is 5.71. The van der Waals surface area contributed by atoms with E-state index in [4.69, 9.17) is 21.6 Å². The lowest BCUT2D eigenvalue weighted by molar-refractivity contribution is 0.426. The van der Waals surface area contributed by atoms with Gasteiger partial charge in [0.05, 0.1) is 17.1 Å². The van der Waals surface area contributed by atoms with Gasteiger partial charge in [0.2, 0.25) is 0 Å². The largest absolute Gasteiger partial charge is 0.488 e. The van der Waals surface area contributed by atoms with Crippen LogP contribution in [0.1, 0.15) is 22.3 Å². The summed E-state index contributed by atoms with van der Waals surface area (Å²) in [5.74, 6) is 0. The Morgan fingerprint density at radius 2 is 1.00 bits per heavy atom. The van der Waals surface area contributed by atoms with Crippen LogP contribution in [0, 0.1) is 0 Å². The van der Waals surface area contributed by atoms with Crippen LogP contribution in [0.25, 0.3) is 33.8 Å². The summed E-state index contributed by atoms with van der Waals surface area (Å²) < 4.78 is 0. The molecule has 0 aliphatic heterocycles. The fourth-order valence-electron chi connectivity index (χ4n) is 5.25. The first-order valence-corrected chi connectivity index (χ1v) is 13.9. The molecule has 6 nitrogen and oxygen atoms in total. The van der Waals surface area contributed by atoms with Crippen LogP contribution in [0.15, 0.2) is 122 Å². The second kappa shape index (κ2) is 12.4. The summed E-state index contributed by atoms with van der Waals surface area (Å²) in [7, 11) is -1.34. The zero-order valence-corrected chi connectivity index (χ0v) is 23.4. The molecule has 4 aromatic carbocycles. The smallest absolute Gasteiger partial charge is 0.423 e. The number of aromatic nitrogens is 4. The third-order valence-electron chi connectivity index (χ3n) is 7.26. The minimum absolute atomic E-state index is 0.525. The molecule has 42 heavy (non-hydrogen) atoms. The first kappa shape index (κ1) is 27.5. The Labute approximate surface area is 249 Å². The van der Waals surface area contributed by atoms with Crippen LogP contribution in [-0.2, 0) is 12.8 Å². The highest BCUT2D eigenvalue weighted by atomic mass is 35.5. The first-order valence-electron chi connectivity index (χ1n) is 13.6. The van der Waals surface area contributed by atoms with Crippen LogP contribution in [0.2, 0.25) is 5.15 Å². The lowest BCUT2D eigenvalue weighted by Crippen LogP contribution is -2.29. The van der Waals surface area contributed by atoms with Crippen molar-refractivity contribution in [1.29, 1.82) is 0 Å². The van der Waals surface area contributed by atoms with Gasteiger partial charge in [-0.1, -0.05) is 121 Å². The Kier molecular flexibility index (Phi) is 8.15. The summed E-state index contributed by atoms with van der Waals surface area (Å²) >= 11 is 6.01. The van der Waals surface area contributed by atoms with Crippen molar-refractivity contribution in [1.82, 2.24) is 19.9 Å². The van der Waals surface area contributed by atoms with Crippen molar-refractivity contribution in [2.75, 3.05) is 0 Å². The van der Waals surface area contributed by atoms with Gasteiger partial charge < -0.3 is 10.0 Å². The molecular formula is C34H26BClN4O2. The molecule has 0 amide bonds. The Balaban J connectivity index is 0.000000121. The van der Waals surface area contributed by atoms with Gasteiger partial charge in [0.1, 0.15) is 17.8 Å². The van der Waals surface area contributed by atoms with E-state index in [2.05, 4.69) is 68.5 Å². The first-order chi connectivity index (χ1) is 20.6. The summed E-state index contributed by atoms with van der Waals surface area (Å²) in [6.45, 7) is 0. The van der Waals surface area contributed by atoms with Gasteiger partial charge in [-0.15, -0.1) is 0 Å². The van der Waals surface area contributed by atoms with Crippen LogP contribution in [0.3, 0.4) is 0 Å². The van der Waals surface area contributed by atoms with Gasteiger partial charge in [-0.25, -0.2) is 19.9 Å². The highest BCUT2D eigenvalue weighted by Crippen LogP contribution is 2.39. The molecule has 0 spiro atoms. The van der Waals surface area contributed by atoms with E-state index < -0.39 is 7.12 Å². The van der Waals surface area contributed by atoms with E-state index in [0.717, 1.165) is 41.1 Å². The van der Waals surface area contributed by atoms with E-state index >= 15 is 0 Å². The van der Waals surface area contributed by atoms with Crippen molar-refractivity contribution in [2.24, 2.45) is 0 Å². The molecule has 2 aliphatic rings. The number of fused-ring (bicyclic) bond motifs is 6. The molecule has 2 aromatic heterocycles. The molecule has 8 heteroatoms. The van der Waals surface area contributed by atoms with E-state index in [0.29, 0.717) is 10.6 Å². The molecule has 2 aliphatic carbocycles. The van der Waals surface area contributed by atoms with Crippen LogP contribution in [0.5, 0.6) is 0 Å². The summed E-state index contributed by atoms with van der Waals surface area (Å²) in [6, 6.07) is 35.7. The molecule has 2 N–H and O–H groups in total. The monoisotopic (exact) mass is 568 g/mol. The number of halogens is 1. The van der Waals surface area contributed by atoms with Gasteiger partial charge >= 0.3 is 7.12 Å². The highest BCUT2D eigenvalue weighted by Gasteiger charge is 2.23. The quantitative estimate of drug-likeness (QED) is 0.203. The predicted molar refractivity (Wildman–Crippen MR) is 167 cm³/mol. The molecule has 0 atom stereocenters. The molecule has 0 saturated heterocycles. The SMILES string of the molecule is Clc1ncnc2c1Cc1ccccc1-2.OB(O)c1ccccc1.c1ccc(-c2ncnc3c2Cc2ccccc2-3)cc1. The van der Waals surface area contributed by atoms with Crippen LogP contribution in [-0.4, -0.2) is 37.1 Å². The number of rotatable bonds is 2. The van der Waals surface area contributed by atoms with Gasteiger partial charge in [0, 0.05) is 40.7 Å². The molecule has 0 radical (unpaired) electrons. The Bertz CT molecular complexity index is 1840. The molecule has 0 unspecified atom stereocenters. The maximum Gasteiger partial charge on any atom is 0.488 e. The lowest BCUT2D eigenvalue weighted by atomic mass is 9.81. The molecule has 6 aromatic rings. The minimum Gasteiger partial charge on any atom is -0.423 e. The summed E-state index contributed by atoms with van der Waals surface area (Å²) in [4.78, 5) is 17.2. The zero-order valence-electron chi connectivity index (χ0n) is 22.6. The van der Waals surface area contributed by atoms with E-state index in [9.17, 15) is 0 Å². The third-order valence-corrected chi connectivity index (χ3v) is 7.59. The van der Waals surface area contributed by atoms with Crippen molar-refractivity contribution in [3.8, 4) is 33.8 Å². The maximum atomic E-state index is 8.58. The van der Waals surface area contributed by atoms with E-state index in [-0.39, 0.29) is 0 Å². The van der Waals surface area contributed by atoms with Crippen molar-refractivity contribution in [3.63, 3.8) is 0 Å². The van der Waals surface area contributed by atoms with Gasteiger partial charge in [-0.2, -0.15) is 0 Å². The fraction of sp³-hybridized carbons (Fsp3) is 0.0588. The molecule has 204 valence electrons. The van der Waals surface area contributed by atoms with Crippen molar-refractivity contribution < 1.29 is 10.0 Å². The number of hydrogen-bond donors (Lipinski definition) is 2. The number of benzene rings is 4. The average molecular weight is 569 g/mol. The zero-order chi connectivity index (χ0) is 28.9. The maximum absolute atomic E-state index is 8.58. The van der Waals surface area contributed by atoms with Gasteiger partial charge in [0.25, 0.3) is 0 Å². The Morgan fingerprint density at radius 1 is 0.524 bits per heavy atom. The van der Waals surface area contributed by atoms with E-state index in [1.165, 1.54) is 34.1 Å². The van der Waals surface area contributed by atoms with Gasteiger partial charge in [0.15, 0.2) is 0 Å². The normalized spacial score (nSPS) is 11.5. The van der Waals surface area contributed by atoms with Crippen molar-refractivity contribution >= 4 is 24.2 Å². The van der Waals surface area contributed by atoms with E-state index in [1.54, 1.807) is 30.6 Å². The topological polar surface area (TPSA) is 92.0 Å².